The van der Waals surface area contributed by atoms with E-state index in [2.05, 4.69) is 5.32 Å². The van der Waals surface area contributed by atoms with Gasteiger partial charge in [-0.2, -0.15) is 0 Å². The van der Waals surface area contributed by atoms with E-state index in [1.54, 1.807) is 0 Å². The van der Waals surface area contributed by atoms with Gasteiger partial charge < -0.3 is 20.5 Å². The minimum Gasteiger partial charge on any atom is -0.493 e. The SMILES string of the molecule is COc1ccc(S(=O)(=O)CCC(=O)NCCN)cc1OC.Cl. The molecule has 22 heavy (non-hydrogen) atoms. The monoisotopic (exact) mass is 352 g/mol. The molecule has 0 aromatic heterocycles. The number of sulfone groups is 1. The van der Waals surface area contributed by atoms with Gasteiger partial charge in [-0.1, -0.05) is 0 Å². The summed E-state index contributed by atoms with van der Waals surface area (Å²) in [5.74, 6) is 0.145. The molecule has 0 unspecified atom stereocenters. The molecule has 0 aliphatic heterocycles. The Balaban J connectivity index is 0.00000441. The normalized spacial score (nSPS) is 10.5. The molecular formula is C13H21ClN2O5S. The van der Waals surface area contributed by atoms with Crippen LogP contribution in [0.4, 0.5) is 0 Å². The molecule has 0 fully saturated rings. The van der Waals surface area contributed by atoms with Crippen molar-refractivity contribution in [1.29, 1.82) is 0 Å². The highest BCUT2D eigenvalue weighted by Crippen LogP contribution is 2.29. The van der Waals surface area contributed by atoms with Gasteiger partial charge in [-0.15, -0.1) is 12.4 Å². The Morgan fingerprint density at radius 2 is 1.86 bits per heavy atom. The second-order valence-electron chi connectivity index (χ2n) is 4.22. The Hall–Kier alpha value is -1.51. The minimum absolute atomic E-state index is 0. The molecule has 0 spiro atoms. The molecule has 0 aliphatic rings. The molecule has 0 bridgehead atoms. The smallest absolute Gasteiger partial charge is 0.221 e. The van der Waals surface area contributed by atoms with Crippen molar-refractivity contribution in [2.45, 2.75) is 11.3 Å². The molecular weight excluding hydrogens is 332 g/mol. The average Bonchev–Trinajstić information content (AvgIpc) is 2.50. The maximum absolute atomic E-state index is 12.2. The summed E-state index contributed by atoms with van der Waals surface area (Å²) in [7, 11) is -0.674. The van der Waals surface area contributed by atoms with Crippen LogP contribution >= 0.6 is 12.4 Å². The van der Waals surface area contributed by atoms with Crippen molar-refractivity contribution in [2.75, 3.05) is 33.1 Å². The van der Waals surface area contributed by atoms with Crippen LogP contribution in [0.2, 0.25) is 0 Å². The van der Waals surface area contributed by atoms with Gasteiger partial charge in [0.25, 0.3) is 0 Å². The molecule has 0 atom stereocenters. The Morgan fingerprint density at radius 1 is 1.23 bits per heavy atom. The zero-order chi connectivity index (χ0) is 15.9. The van der Waals surface area contributed by atoms with Gasteiger partial charge in [-0.3, -0.25) is 4.79 Å². The minimum atomic E-state index is -3.57. The van der Waals surface area contributed by atoms with Gasteiger partial charge in [0.1, 0.15) is 0 Å². The van der Waals surface area contributed by atoms with Crippen LogP contribution in [0, 0.1) is 0 Å². The summed E-state index contributed by atoms with van der Waals surface area (Å²) in [4.78, 5) is 11.5. The fourth-order valence-electron chi connectivity index (χ4n) is 1.65. The number of hydrogen-bond donors (Lipinski definition) is 2. The number of amides is 1. The summed E-state index contributed by atoms with van der Waals surface area (Å²) < 4.78 is 34.5. The van der Waals surface area contributed by atoms with Crippen LogP contribution in [0.25, 0.3) is 0 Å². The zero-order valence-corrected chi connectivity index (χ0v) is 14.1. The molecule has 3 N–H and O–H groups in total. The molecule has 1 rings (SSSR count). The molecule has 1 aromatic carbocycles. The number of carbonyl (C=O) groups excluding carboxylic acids is 1. The van der Waals surface area contributed by atoms with Gasteiger partial charge >= 0.3 is 0 Å². The molecule has 0 radical (unpaired) electrons. The van der Waals surface area contributed by atoms with Gasteiger partial charge in [0.15, 0.2) is 21.3 Å². The lowest BCUT2D eigenvalue weighted by molar-refractivity contribution is -0.120. The summed E-state index contributed by atoms with van der Waals surface area (Å²) in [5.41, 5.74) is 5.25. The predicted octanol–water partition coefficient (Wildman–Crippen LogP) is 0.364. The van der Waals surface area contributed by atoms with E-state index < -0.39 is 9.84 Å². The van der Waals surface area contributed by atoms with Gasteiger partial charge in [-0.25, -0.2) is 8.42 Å². The molecule has 9 heteroatoms. The second-order valence-corrected chi connectivity index (χ2v) is 6.33. The maximum atomic E-state index is 12.2. The molecule has 0 heterocycles. The number of halogens is 1. The fraction of sp³-hybridized carbons (Fsp3) is 0.462. The molecule has 0 aliphatic carbocycles. The van der Waals surface area contributed by atoms with Gasteiger partial charge in [-0.05, 0) is 12.1 Å². The van der Waals surface area contributed by atoms with Crippen molar-refractivity contribution in [3.05, 3.63) is 18.2 Å². The topological polar surface area (TPSA) is 108 Å². The number of hydrogen-bond acceptors (Lipinski definition) is 6. The van der Waals surface area contributed by atoms with Crippen LogP contribution in [0.15, 0.2) is 23.1 Å². The van der Waals surface area contributed by atoms with Crippen LogP contribution < -0.4 is 20.5 Å². The summed E-state index contributed by atoms with van der Waals surface area (Å²) >= 11 is 0. The first-order valence-electron chi connectivity index (χ1n) is 6.36. The van der Waals surface area contributed by atoms with E-state index in [9.17, 15) is 13.2 Å². The fourth-order valence-corrected chi connectivity index (χ4v) is 2.91. The third-order valence-corrected chi connectivity index (χ3v) is 4.49. The largest absolute Gasteiger partial charge is 0.493 e. The van der Waals surface area contributed by atoms with E-state index in [1.807, 2.05) is 0 Å². The Labute approximate surface area is 136 Å². The highest BCUT2D eigenvalue weighted by molar-refractivity contribution is 7.91. The summed E-state index contributed by atoms with van der Waals surface area (Å²) in [5, 5.41) is 2.52. The van der Waals surface area contributed by atoms with Crippen molar-refractivity contribution in [3.63, 3.8) is 0 Å². The van der Waals surface area contributed by atoms with Crippen LogP contribution in [0.3, 0.4) is 0 Å². The van der Waals surface area contributed by atoms with Crippen LogP contribution in [0.1, 0.15) is 6.42 Å². The third-order valence-electron chi connectivity index (χ3n) is 2.78. The van der Waals surface area contributed by atoms with E-state index in [4.69, 9.17) is 15.2 Å². The maximum Gasteiger partial charge on any atom is 0.221 e. The highest BCUT2D eigenvalue weighted by Gasteiger charge is 2.18. The summed E-state index contributed by atoms with van der Waals surface area (Å²) in [6.45, 7) is 0.642. The number of benzene rings is 1. The molecule has 1 aromatic rings. The molecule has 7 nitrogen and oxygen atoms in total. The Bertz CT molecular complexity index is 592. The van der Waals surface area contributed by atoms with Crippen LogP contribution in [0.5, 0.6) is 11.5 Å². The van der Waals surface area contributed by atoms with Crippen molar-refractivity contribution in [3.8, 4) is 11.5 Å². The first kappa shape index (κ1) is 20.5. The highest BCUT2D eigenvalue weighted by atomic mass is 35.5. The quantitative estimate of drug-likeness (QED) is 0.699. The van der Waals surface area contributed by atoms with E-state index >= 15 is 0 Å². The number of carbonyl (C=O) groups is 1. The Kier molecular flexibility index (Phi) is 8.84. The zero-order valence-electron chi connectivity index (χ0n) is 12.5. The lowest BCUT2D eigenvalue weighted by atomic mass is 10.3. The standard InChI is InChI=1S/C13H20N2O5S.ClH/c1-19-11-4-3-10(9-12(11)20-2)21(17,18)8-5-13(16)15-7-6-14;/h3-4,9H,5-8,14H2,1-2H3,(H,15,16);1H. The van der Waals surface area contributed by atoms with Crippen LogP contribution in [-0.2, 0) is 14.6 Å². The predicted molar refractivity (Wildman–Crippen MR) is 85.5 cm³/mol. The van der Waals surface area contributed by atoms with Crippen LogP contribution in [-0.4, -0.2) is 47.4 Å². The third kappa shape index (κ3) is 5.70. The van der Waals surface area contributed by atoms with Crippen molar-refractivity contribution in [1.82, 2.24) is 5.32 Å². The van der Waals surface area contributed by atoms with Gasteiger partial charge in [0, 0.05) is 25.6 Å². The van der Waals surface area contributed by atoms with Crippen molar-refractivity contribution >= 4 is 28.2 Å². The number of nitrogens with one attached hydrogen (secondary N) is 1. The average molecular weight is 353 g/mol. The lowest BCUT2D eigenvalue weighted by Crippen LogP contribution is -2.30. The number of nitrogens with two attached hydrogens (primary N) is 1. The van der Waals surface area contributed by atoms with E-state index in [0.29, 0.717) is 24.6 Å². The molecule has 1 amide bonds. The number of rotatable bonds is 8. The van der Waals surface area contributed by atoms with E-state index in [1.165, 1.54) is 32.4 Å². The van der Waals surface area contributed by atoms with Crippen molar-refractivity contribution in [2.24, 2.45) is 5.73 Å². The van der Waals surface area contributed by atoms with Gasteiger partial charge in [0.2, 0.25) is 5.91 Å². The Morgan fingerprint density at radius 3 is 2.41 bits per heavy atom. The molecule has 0 saturated heterocycles. The first-order valence-corrected chi connectivity index (χ1v) is 8.01. The summed E-state index contributed by atoms with van der Waals surface area (Å²) in [6.07, 6.45) is -0.114. The van der Waals surface area contributed by atoms with Crippen molar-refractivity contribution < 1.29 is 22.7 Å². The van der Waals surface area contributed by atoms with E-state index in [-0.39, 0.29) is 35.4 Å². The second kappa shape index (κ2) is 9.50. The first-order chi connectivity index (χ1) is 9.94. The molecule has 126 valence electrons. The number of ether oxygens (including phenoxy) is 2. The van der Waals surface area contributed by atoms with Gasteiger partial charge in [0.05, 0.1) is 24.9 Å². The van der Waals surface area contributed by atoms with E-state index in [0.717, 1.165) is 0 Å². The number of methoxy groups -OCH3 is 2. The lowest BCUT2D eigenvalue weighted by Gasteiger charge is -2.10. The molecule has 0 saturated carbocycles. The summed E-state index contributed by atoms with van der Waals surface area (Å²) in [6, 6.07) is 4.32.